The van der Waals surface area contributed by atoms with Crippen molar-refractivity contribution in [2.24, 2.45) is 0 Å². The van der Waals surface area contributed by atoms with Gasteiger partial charge in [0.25, 0.3) is 0 Å². The number of hydrogen-bond donors (Lipinski definition) is 2. The van der Waals surface area contributed by atoms with Crippen LogP contribution in [-0.4, -0.2) is 39.1 Å². The molecule has 7 heteroatoms. The molecule has 0 amide bonds. The standard InChI is InChI=1S/C13H22N2O2S3/c1-10(9-18-2)15-20(16,17)13-6-5-12(19-13)7-8-14-11-3-4-11/h5-6,10-11,14-15H,3-4,7-9H2,1-2H3. The van der Waals surface area contributed by atoms with E-state index in [2.05, 4.69) is 10.0 Å². The maximum atomic E-state index is 12.2. The minimum Gasteiger partial charge on any atom is -0.314 e. The molecule has 1 saturated carbocycles. The van der Waals surface area contributed by atoms with Crippen LogP contribution in [0.4, 0.5) is 0 Å². The Labute approximate surface area is 129 Å². The molecule has 0 aromatic carbocycles. The summed E-state index contributed by atoms with van der Waals surface area (Å²) in [5, 5.41) is 3.44. The number of thioether (sulfide) groups is 1. The average Bonchev–Trinajstić information content (AvgIpc) is 3.04. The van der Waals surface area contributed by atoms with Gasteiger partial charge in [-0.15, -0.1) is 11.3 Å². The van der Waals surface area contributed by atoms with Crippen molar-refractivity contribution < 1.29 is 8.42 Å². The Hall–Kier alpha value is -0.0800. The lowest BCUT2D eigenvalue weighted by Gasteiger charge is -2.11. The summed E-state index contributed by atoms with van der Waals surface area (Å²) in [5.41, 5.74) is 0. The van der Waals surface area contributed by atoms with Gasteiger partial charge in [-0.05, 0) is 44.6 Å². The molecule has 0 radical (unpaired) electrons. The Bertz CT molecular complexity index is 523. The summed E-state index contributed by atoms with van der Waals surface area (Å²) in [6.45, 7) is 2.82. The minimum atomic E-state index is -3.36. The quantitative estimate of drug-likeness (QED) is 0.726. The molecular formula is C13H22N2O2S3. The number of thiophene rings is 1. The molecule has 1 heterocycles. The van der Waals surface area contributed by atoms with Gasteiger partial charge in [-0.1, -0.05) is 0 Å². The van der Waals surface area contributed by atoms with E-state index in [1.807, 2.05) is 19.2 Å². The Kier molecular flexibility index (Phi) is 5.92. The molecular weight excluding hydrogens is 312 g/mol. The fourth-order valence-corrected chi connectivity index (χ4v) is 5.24. The average molecular weight is 335 g/mol. The molecule has 1 aliphatic rings. The molecule has 20 heavy (non-hydrogen) atoms. The second-order valence-corrected chi connectivity index (χ2v) is 9.20. The van der Waals surface area contributed by atoms with Crippen LogP contribution in [0.25, 0.3) is 0 Å². The first-order valence-corrected chi connectivity index (χ1v) is 10.5. The van der Waals surface area contributed by atoms with E-state index in [4.69, 9.17) is 0 Å². The van der Waals surface area contributed by atoms with E-state index >= 15 is 0 Å². The van der Waals surface area contributed by atoms with Crippen molar-refractivity contribution in [3.63, 3.8) is 0 Å². The summed E-state index contributed by atoms with van der Waals surface area (Å²) < 4.78 is 27.5. The third kappa shape index (κ3) is 5.04. The normalized spacial score (nSPS) is 17.3. The molecule has 0 spiro atoms. The van der Waals surface area contributed by atoms with Gasteiger partial charge in [0, 0.05) is 29.3 Å². The van der Waals surface area contributed by atoms with Crippen LogP contribution < -0.4 is 10.0 Å². The van der Waals surface area contributed by atoms with E-state index in [0.717, 1.165) is 23.6 Å². The predicted molar refractivity (Wildman–Crippen MR) is 87.2 cm³/mol. The Balaban J connectivity index is 1.88. The highest BCUT2D eigenvalue weighted by molar-refractivity contribution is 7.98. The van der Waals surface area contributed by atoms with Crippen LogP contribution in [-0.2, 0) is 16.4 Å². The van der Waals surface area contributed by atoms with Gasteiger partial charge in [0.2, 0.25) is 10.0 Å². The summed E-state index contributed by atoms with van der Waals surface area (Å²) in [7, 11) is -3.36. The largest absolute Gasteiger partial charge is 0.314 e. The van der Waals surface area contributed by atoms with Gasteiger partial charge in [-0.3, -0.25) is 0 Å². The fraction of sp³-hybridized carbons (Fsp3) is 0.692. The lowest BCUT2D eigenvalue weighted by atomic mass is 10.3. The van der Waals surface area contributed by atoms with Gasteiger partial charge in [0.05, 0.1) is 0 Å². The van der Waals surface area contributed by atoms with Crippen molar-refractivity contribution in [1.82, 2.24) is 10.0 Å². The number of sulfonamides is 1. The number of hydrogen-bond acceptors (Lipinski definition) is 5. The minimum absolute atomic E-state index is 0.0444. The fourth-order valence-electron chi connectivity index (χ4n) is 1.93. The molecule has 0 saturated heterocycles. The highest BCUT2D eigenvalue weighted by Crippen LogP contribution is 2.23. The van der Waals surface area contributed by atoms with Gasteiger partial charge in [-0.25, -0.2) is 13.1 Å². The van der Waals surface area contributed by atoms with Crippen molar-refractivity contribution in [2.75, 3.05) is 18.6 Å². The predicted octanol–water partition coefficient (Wildman–Crippen LogP) is 2.07. The molecule has 1 aromatic heterocycles. The first-order chi connectivity index (χ1) is 9.51. The first kappa shape index (κ1) is 16.3. The van der Waals surface area contributed by atoms with Crippen LogP contribution in [0.5, 0.6) is 0 Å². The second kappa shape index (κ2) is 7.26. The summed E-state index contributed by atoms with van der Waals surface area (Å²) in [5.74, 6) is 0.781. The topological polar surface area (TPSA) is 58.2 Å². The van der Waals surface area contributed by atoms with E-state index < -0.39 is 10.0 Å². The van der Waals surface area contributed by atoms with E-state index in [1.165, 1.54) is 24.2 Å². The van der Waals surface area contributed by atoms with Crippen LogP contribution >= 0.6 is 23.1 Å². The van der Waals surface area contributed by atoms with Crippen LogP contribution in [0.2, 0.25) is 0 Å². The summed E-state index contributed by atoms with van der Waals surface area (Å²) >= 11 is 3.01. The molecule has 1 fully saturated rings. The Morgan fingerprint density at radius 2 is 2.20 bits per heavy atom. The van der Waals surface area contributed by atoms with Crippen LogP contribution in [0, 0.1) is 0 Å². The third-order valence-corrected chi connectivity index (χ3v) is 7.12. The smallest absolute Gasteiger partial charge is 0.250 e. The zero-order valence-corrected chi connectivity index (χ0v) is 14.3. The maximum Gasteiger partial charge on any atom is 0.250 e. The lowest BCUT2D eigenvalue weighted by molar-refractivity contribution is 0.573. The molecule has 1 aromatic rings. The third-order valence-electron chi connectivity index (χ3n) is 3.06. The molecule has 1 unspecified atom stereocenters. The van der Waals surface area contributed by atoms with Gasteiger partial charge in [-0.2, -0.15) is 11.8 Å². The number of nitrogens with one attached hydrogen (secondary N) is 2. The molecule has 2 rings (SSSR count). The molecule has 0 bridgehead atoms. The monoisotopic (exact) mass is 334 g/mol. The van der Waals surface area contributed by atoms with Gasteiger partial charge < -0.3 is 5.32 Å². The summed E-state index contributed by atoms with van der Waals surface area (Å²) in [6.07, 6.45) is 5.43. The van der Waals surface area contributed by atoms with Crippen LogP contribution in [0.15, 0.2) is 16.3 Å². The maximum absolute atomic E-state index is 12.2. The van der Waals surface area contributed by atoms with Crippen molar-refractivity contribution in [3.8, 4) is 0 Å². The highest BCUT2D eigenvalue weighted by Gasteiger charge is 2.21. The Morgan fingerprint density at radius 1 is 1.45 bits per heavy atom. The van der Waals surface area contributed by atoms with Gasteiger partial charge in [0.1, 0.15) is 4.21 Å². The van der Waals surface area contributed by atoms with Gasteiger partial charge >= 0.3 is 0 Å². The molecule has 2 N–H and O–H groups in total. The van der Waals surface area contributed by atoms with E-state index in [9.17, 15) is 8.42 Å². The highest BCUT2D eigenvalue weighted by atomic mass is 32.2. The zero-order valence-electron chi connectivity index (χ0n) is 11.9. The number of rotatable bonds is 9. The van der Waals surface area contributed by atoms with Crippen molar-refractivity contribution in [1.29, 1.82) is 0 Å². The lowest BCUT2D eigenvalue weighted by Crippen LogP contribution is -2.33. The molecule has 1 atom stereocenters. The van der Waals surface area contributed by atoms with Crippen molar-refractivity contribution >= 4 is 33.1 Å². The van der Waals surface area contributed by atoms with E-state index in [1.54, 1.807) is 17.8 Å². The van der Waals surface area contributed by atoms with Gasteiger partial charge in [0.15, 0.2) is 0 Å². The first-order valence-electron chi connectivity index (χ1n) is 6.84. The molecule has 4 nitrogen and oxygen atoms in total. The molecule has 114 valence electrons. The van der Waals surface area contributed by atoms with Crippen molar-refractivity contribution in [2.45, 2.75) is 42.5 Å². The van der Waals surface area contributed by atoms with Crippen molar-refractivity contribution in [3.05, 3.63) is 17.0 Å². The zero-order chi connectivity index (χ0) is 14.6. The molecule has 1 aliphatic carbocycles. The summed E-state index contributed by atoms with van der Waals surface area (Å²) in [6, 6.07) is 4.29. The second-order valence-electron chi connectivity index (χ2n) is 5.18. The van der Waals surface area contributed by atoms with E-state index in [0.29, 0.717) is 10.3 Å². The molecule has 0 aliphatic heterocycles. The van der Waals surface area contributed by atoms with Crippen LogP contribution in [0.1, 0.15) is 24.6 Å². The van der Waals surface area contributed by atoms with E-state index in [-0.39, 0.29) is 6.04 Å². The van der Waals surface area contributed by atoms with Crippen LogP contribution in [0.3, 0.4) is 0 Å². The summed E-state index contributed by atoms with van der Waals surface area (Å²) in [4.78, 5) is 1.12. The Morgan fingerprint density at radius 3 is 2.85 bits per heavy atom. The SMILES string of the molecule is CSCC(C)NS(=O)(=O)c1ccc(CCNC2CC2)s1.